The van der Waals surface area contributed by atoms with E-state index < -0.39 is 0 Å². The summed E-state index contributed by atoms with van der Waals surface area (Å²) in [6, 6.07) is 12.4. The molecule has 0 fully saturated rings. The second-order valence-electron chi connectivity index (χ2n) is 5.06. The van der Waals surface area contributed by atoms with Crippen molar-refractivity contribution >= 4 is 34.2 Å². The molecule has 22 heavy (non-hydrogen) atoms. The van der Waals surface area contributed by atoms with Crippen molar-refractivity contribution in [3.05, 3.63) is 36.4 Å². The molecule has 0 unspecified atom stereocenters. The summed E-state index contributed by atoms with van der Waals surface area (Å²) in [7, 11) is 3.38. The van der Waals surface area contributed by atoms with E-state index in [1.54, 1.807) is 14.2 Å². The fraction of sp³-hybridized carbons (Fsp3) is 0.294. The van der Waals surface area contributed by atoms with Crippen LogP contribution in [0.4, 0.5) is 0 Å². The molecule has 0 aliphatic carbocycles. The second kappa shape index (κ2) is 6.90. The summed E-state index contributed by atoms with van der Waals surface area (Å²) in [5.74, 6) is 1.73. The number of halogens is 1. The van der Waals surface area contributed by atoms with Crippen LogP contribution < -0.4 is 15.2 Å². The molecular formula is C17H21ClN2O2. The maximum atomic E-state index is 5.68. The Morgan fingerprint density at radius 1 is 0.909 bits per heavy atom. The van der Waals surface area contributed by atoms with Crippen LogP contribution in [0, 0.1) is 0 Å². The summed E-state index contributed by atoms with van der Waals surface area (Å²) in [5.41, 5.74) is 8.03. The van der Waals surface area contributed by atoms with Crippen molar-refractivity contribution in [2.75, 3.05) is 20.8 Å². The lowest BCUT2D eigenvalue weighted by Gasteiger charge is -2.08. The van der Waals surface area contributed by atoms with Gasteiger partial charge in [0, 0.05) is 29.4 Å². The zero-order chi connectivity index (χ0) is 14.8. The van der Waals surface area contributed by atoms with Gasteiger partial charge in [0.15, 0.2) is 0 Å². The Morgan fingerprint density at radius 2 is 1.41 bits per heavy atom. The topological polar surface area (TPSA) is 49.4 Å². The first-order valence-electron chi connectivity index (χ1n) is 7.12. The Morgan fingerprint density at radius 3 is 1.82 bits per heavy atom. The minimum atomic E-state index is 0. The van der Waals surface area contributed by atoms with Crippen molar-refractivity contribution in [3.63, 3.8) is 0 Å². The lowest BCUT2D eigenvalue weighted by molar-refractivity contribution is 0.415. The third-order valence-electron chi connectivity index (χ3n) is 3.87. The van der Waals surface area contributed by atoms with Gasteiger partial charge in [0.2, 0.25) is 0 Å². The van der Waals surface area contributed by atoms with Crippen molar-refractivity contribution < 1.29 is 9.47 Å². The van der Waals surface area contributed by atoms with E-state index in [2.05, 4.69) is 28.8 Å². The number of benzene rings is 2. The maximum Gasteiger partial charge on any atom is 0.120 e. The van der Waals surface area contributed by atoms with Crippen LogP contribution >= 0.6 is 12.4 Å². The van der Waals surface area contributed by atoms with Gasteiger partial charge in [-0.3, -0.25) is 0 Å². The number of hydrogen-bond donors (Lipinski definition) is 1. The van der Waals surface area contributed by atoms with E-state index in [-0.39, 0.29) is 12.4 Å². The standard InChI is InChI=1S/C17H20N2O2.ClH/c1-20-12-4-6-14-15-7-5-13(21-2)11-17(15)19(9-3-8-18)16(14)10-12;/h4-7,10-11H,3,8-9,18H2,1-2H3;1H. The zero-order valence-electron chi connectivity index (χ0n) is 12.8. The lowest BCUT2D eigenvalue weighted by Crippen LogP contribution is -2.05. The average Bonchev–Trinajstić information content (AvgIpc) is 2.84. The molecule has 118 valence electrons. The monoisotopic (exact) mass is 320 g/mol. The number of hydrogen-bond acceptors (Lipinski definition) is 3. The van der Waals surface area contributed by atoms with Gasteiger partial charge in [-0.15, -0.1) is 12.4 Å². The number of aryl methyl sites for hydroxylation is 1. The molecule has 3 rings (SSSR count). The number of fused-ring (bicyclic) bond motifs is 3. The van der Waals surface area contributed by atoms with Crippen LogP contribution in [0.25, 0.3) is 21.8 Å². The molecule has 0 spiro atoms. The SMILES string of the molecule is COc1ccc2c3ccc(OC)cc3n(CCCN)c2c1.Cl. The first kappa shape index (κ1) is 16.5. The molecule has 3 aromatic rings. The van der Waals surface area contributed by atoms with Crippen LogP contribution in [-0.4, -0.2) is 25.3 Å². The quantitative estimate of drug-likeness (QED) is 0.781. The van der Waals surface area contributed by atoms with Crippen LogP contribution in [0.15, 0.2) is 36.4 Å². The second-order valence-corrected chi connectivity index (χ2v) is 5.06. The van der Waals surface area contributed by atoms with Crippen molar-refractivity contribution in [1.82, 2.24) is 4.57 Å². The normalized spacial score (nSPS) is 10.7. The maximum absolute atomic E-state index is 5.68. The molecule has 0 saturated carbocycles. The Kier molecular flexibility index (Phi) is 5.16. The zero-order valence-corrected chi connectivity index (χ0v) is 13.7. The first-order chi connectivity index (χ1) is 10.3. The molecule has 5 heteroatoms. The Hall–Kier alpha value is -1.91. The highest BCUT2D eigenvalue weighted by atomic mass is 35.5. The van der Waals surface area contributed by atoms with Crippen LogP contribution in [-0.2, 0) is 6.54 Å². The molecule has 0 amide bonds. The largest absolute Gasteiger partial charge is 0.497 e. The number of rotatable bonds is 5. The van der Waals surface area contributed by atoms with E-state index in [1.807, 2.05) is 12.1 Å². The number of aromatic nitrogens is 1. The summed E-state index contributed by atoms with van der Waals surface area (Å²) in [4.78, 5) is 0. The van der Waals surface area contributed by atoms with E-state index in [0.29, 0.717) is 6.54 Å². The number of nitrogens with zero attached hydrogens (tertiary/aromatic N) is 1. The molecule has 2 aromatic carbocycles. The smallest absolute Gasteiger partial charge is 0.120 e. The summed E-state index contributed by atoms with van der Waals surface area (Å²) < 4.78 is 13.0. The van der Waals surface area contributed by atoms with Crippen LogP contribution in [0.1, 0.15) is 6.42 Å². The van der Waals surface area contributed by atoms with Crippen LogP contribution in [0.3, 0.4) is 0 Å². The van der Waals surface area contributed by atoms with Crippen molar-refractivity contribution in [2.24, 2.45) is 5.73 Å². The van der Waals surface area contributed by atoms with Gasteiger partial charge < -0.3 is 19.8 Å². The third kappa shape index (κ3) is 2.72. The van der Waals surface area contributed by atoms with Crippen molar-refractivity contribution in [1.29, 1.82) is 0 Å². The van der Waals surface area contributed by atoms with Gasteiger partial charge in [-0.2, -0.15) is 0 Å². The lowest BCUT2D eigenvalue weighted by atomic mass is 10.1. The average molecular weight is 321 g/mol. The first-order valence-corrected chi connectivity index (χ1v) is 7.12. The highest BCUT2D eigenvalue weighted by Crippen LogP contribution is 2.33. The summed E-state index contributed by atoms with van der Waals surface area (Å²) >= 11 is 0. The van der Waals surface area contributed by atoms with Gasteiger partial charge >= 0.3 is 0 Å². The molecule has 0 radical (unpaired) electrons. The van der Waals surface area contributed by atoms with Gasteiger partial charge in [0.05, 0.1) is 25.3 Å². The molecular weight excluding hydrogens is 300 g/mol. The Labute approximate surface area is 136 Å². The highest BCUT2D eigenvalue weighted by molar-refractivity contribution is 6.08. The van der Waals surface area contributed by atoms with Crippen LogP contribution in [0.2, 0.25) is 0 Å². The number of ether oxygens (including phenoxy) is 2. The molecule has 0 aliphatic heterocycles. The summed E-state index contributed by atoms with van der Waals surface area (Å²) in [6.45, 7) is 1.56. The Bertz CT molecular complexity index is 722. The van der Waals surface area contributed by atoms with E-state index in [1.165, 1.54) is 21.8 Å². The molecule has 2 N–H and O–H groups in total. The van der Waals surface area contributed by atoms with E-state index in [0.717, 1.165) is 24.5 Å². The molecule has 1 heterocycles. The number of nitrogens with two attached hydrogens (primary N) is 1. The van der Waals surface area contributed by atoms with E-state index in [9.17, 15) is 0 Å². The number of methoxy groups -OCH3 is 2. The highest BCUT2D eigenvalue weighted by Gasteiger charge is 2.12. The molecule has 0 bridgehead atoms. The molecule has 0 saturated heterocycles. The molecule has 0 atom stereocenters. The fourth-order valence-corrected chi connectivity index (χ4v) is 2.80. The third-order valence-corrected chi connectivity index (χ3v) is 3.87. The predicted octanol–water partition coefficient (Wildman–Crippen LogP) is 3.58. The summed E-state index contributed by atoms with van der Waals surface area (Å²) in [5, 5.41) is 2.45. The van der Waals surface area contributed by atoms with Crippen molar-refractivity contribution in [2.45, 2.75) is 13.0 Å². The predicted molar refractivity (Wildman–Crippen MR) is 93.5 cm³/mol. The van der Waals surface area contributed by atoms with Crippen molar-refractivity contribution in [3.8, 4) is 11.5 Å². The van der Waals surface area contributed by atoms with E-state index >= 15 is 0 Å². The molecule has 4 nitrogen and oxygen atoms in total. The minimum absolute atomic E-state index is 0. The minimum Gasteiger partial charge on any atom is -0.497 e. The fourth-order valence-electron chi connectivity index (χ4n) is 2.80. The van der Waals surface area contributed by atoms with Gasteiger partial charge in [0.25, 0.3) is 0 Å². The van der Waals surface area contributed by atoms with Gasteiger partial charge in [-0.05, 0) is 37.2 Å². The Balaban J connectivity index is 0.00000176. The van der Waals surface area contributed by atoms with Gasteiger partial charge in [-0.1, -0.05) is 0 Å². The van der Waals surface area contributed by atoms with E-state index in [4.69, 9.17) is 15.2 Å². The summed E-state index contributed by atoms with van der Waals surface area (Å²) in [6.07, 6.45) is 0.938. The molecule has 1 aromatic heterocycles. The van der Waals surface area contributed by atoms with Gasteiger partial charge in [-0.25, -0.2) is 0 Å². The van der Waals surface area contributed by atoms with Crippen LogP contribution in [0.5, 0.6) is 11.5 Å². The molecule has 0 aliphatic rings. The van der Waals surface area contributed by atoms with Gasteiger partial charge in [0.1, 0.15) is 11.5 Å².